The Labute approximate surface area is 115 Å². The third-order valence-corrected chi connectivity index (χ3v) is 2.82. The van der Waals surface area contributed by atoms with E-state index >= 15 is 0 Å². The van der Waals surface area contributed by atoms with Gasteiger partial charge in [-0.2, -0.15) is 0 Å². The second-order valence-electron chi connectivity index (χ2n) is 4.67. The molecule has 102 valence electrons. The summed E-state index contributed by atoms with van der Waals surface area (Å²) in [6, 6.07) is 1.84. The molecule has 3 nitrogen and oxygen atoms in total. The van der Waals surface area contributed by atoms with Crippen LogP contribution in [0, 0.1) is 17.6 Å². The molecule has 0 unspecified atom stereocenters. The average molecular weight is 286 g/mol. The van der Waals surface area contributed by atoms with Crippen molar-refractivity contribution < 1.29 is 8.78 Å². The number of benzene rings is 1. The minimum absolute atomic E-state index is 0.0170. The van der Waals surface area contributed by atoms with Crippen LogP contribution in [-0.2, 0) is 6.54 Å². The number of hydrogen-bond acceptors (Lipinski definition) is 2. The summed E-state index contributed by atoms with van der Waals surface area (Å²) < 4.78 is 28.5. The van der Waals surface area contributed by atoms with Gasteiger partial charge in [0.05, 0.1) is 10.7 Å². The predicted molar refractivity (Wildman–Crippen MR) is 71.7 cm³/mol. The van der Waals surface area contributed by atoms with Crippen molar-refractivity contribution in [1.82, 2.24) is 9.55 Å². The van der Waals surface area contributed by atoms with Crippen molar-refractivity contribution in [2.75, 3.05) is 5.32 Å². The second-order valence-corrected chi connectivity index (χ2v) is 5.07. The van der Waals surface area contributed by atoms with Gasteiger partial charge in [-0.1, -0.05) is 25.4 Å². The molecule has 2 aromatic rings. The fraction of sp³-hybridized carbons (Fsp3) is 0.308. The fourth-order valence-corrected chi connectivity index (χ4v) is 1.99. The predicted octanol–water partition coefficient (Wildman–Crippen LogP) is 4.21. The van der Waals surface area contributed by atoms with Crippen molar-refractivity contribution in [3.8, 4) is 0 Å². The maximum atomic E-state index is 13.7. The van der Waals surface area contributed by atoms with Gasteiger partial charge in [-0.3, -0.25) is 0 Å². The highest BCUT2D eigenvalue weighted by Crippen LogP contribution is 2.29. The van der Waals surface area contributed by atoms with Crippen LogP contribution in [0.2, 0.25) is 5.02 Å². The zero-order valence-electron chi connectivity index (χ0n) is 10.6. The molecule has 19 heavy (non-hydrogen) atoms. The van der Waals surface area contributed by atoms with Crippen molar-refractivity contribution in [3.63, 3.8) is 0 Å². The van der Waals surface area contributed by atoms with Crippen molar-refractivity contribution in [3.05, 3.63) is 41.2 Å². The van der Waals surface area contributed by atoms with Gasteiger partial charge in [0.1, 0.15) is 5.82 Å². The van der Waals surface area contributed by atoms with Gasteiger partial charge in [0, 0.05) is 25.0 Å². The van der Waals surface area contributed by atoms with E-state index in [2.05, 4.69) is 24.1 Å². The van der Waals surface area contributed by atoms with Crippen molar-refractivity contribution >= 4 is 23.2 Å². The van der Waals surface area contributed by atoms with Gasteiger partial charge in [0.15, 0.2) is 5.82 Å². The molecular weight excluding hydrogens is 272 g/mol. The van der Waals surface area contributed by atoms with Gasteiger partial charge in [0.25, 0.3) is 0 Å². The maximum absolute atomic E-state index is 13.7. The van der Waals surface area contributed by atoms with E-state index in [1.165, 1.54) is 0 Å². The third kappa shape index (κ3) is 3.23. The lowest BCUT2D eigenvalue weighted by Crippen LogP contribution is -2.08. The molecule has 0 aliphatic heterocycles. The van der Waals surface area contributed by atoms with Crippen LogP contribution in [0.3, 0.4) is 0 Å². The molecule has 1 aromatic heterocycles. The molecule has 1 heterocycles. The minimum atomic E-state index is -0.746. The molecule has 6 heteroatoms. The monoisotopic (exact) mass is 285 g/mol. The lowest BCUT2D eigenvalue weighted by molar-refractivity contribution is 0.527. The normalized spacial score (nSPS) is 11.1. The molecule has 0 aliphatic rings. The Morgan fingerprint density at radius 3 is 2.74 bits per heavy atom. The molecule has 0 saturated carbocycles. The summed E-state index contributed by atoms with van der Waals surface area (Å²) in [6.45, 7) is 4.87. The Bertz CT molecular complexity index is 558. The first-order valence-corrected chi connectivity index (χ1v) is 6.28. The largest absolute Gasteiger partial charge is 0.322 e. The molecule has 0 fully saturated rings. The molecule has 0 saturated heterocycles. The molecular formula is C13H14ClF2N3. The van der Waals surface area contributed by atoms with E-state index in [-0.39, 0.29) is 10.7 Å². The SMILES string of the molecule is CC(C)Cn1ccnc1Nc1c(F)cc(F)cc1Cl. The Morgan fingerprint density at radius 2 is 2.11 bits per heavy atom. The Hall–Kier alpha value is -1.62. The highest BCUT2D eigenvalue weighted by atomic mass is 35.5. The summed E-state index contributed by atoms with van der Waals surface area (Å²) in [7, 11) is 0. The number of anilines is 2. The van der Waals surface area contributed by atoms with E-state index in [1.807, 2.05) is 4.57 Å². The third-order valence-electron chi connectivity index (χ3n) is 2.52. The first-order chi connectivity index (χ1) is 8.97. The summed E-state index contributed by atoms with van der Waals surface area (Å²) in [6.07, 6.45) is 3.40. The number of halogens is 3. The zero-order valence-corrected chi connectivity index (χ0v) is 11.4. The van der Waals surface area contributed by atoms with Crippen LogP contribution in [0.5, 0.6) is 0 Å². The summed E-state index contributed by atoms with van der Waals surface area (Å²) in [5.74, 6) is -0.563. The van der Waals surface area contributed by atoms with Crippen LogP contribution < -0.4 is 5.32 Å². The molecule has 1 N–H and O–H groups in total. The van der Waals surface area contributed by atoms with Gasteiger partial charge in [-0.25, -0.2) is 13.8 Å². The van der Waals surface area contributed by atoms with E-state index in [4.69, 9.17) is 11.6 Å². The van der Waals surface area contributed by atoms with E-state index < -0.39 is 11.6 Å². The van der Waals surface area contributed by atoms with Crippen LogP contribution in [-0.4, -0.2) is 9.55 Å². The molecule has 0 atom stereocenters. The van der Waals surface area contributed by atoms with Crippen LogP contribution in [0.1, 0.15) is 13.8 Å². The molecule has 0 bridgehead atoms. The van der Waals surface area contributed by atoms with Crippen molar-refractivity contribution in [2.24, 2.45) is 5.92 Å². The molecule has 0 aliphatic carbocycles. The van der Waals surface area contributed by atoms with Crippen molar-refractivity contribution in [2.45, 2.75) is 20.4 Å². The quantitative estimate of drug-likeness (QED) is 0.912. The lowest BCUT2D eigenvalue weighted by Gasteiger charge is -2.13. The number of aromatic nitrogens is 2. The van der Waals surface area contributed by atoms with Crippen molar-refractivity contribution in [1.29, 1.82) is 0 Å². The van der Waals surface area contributed by atoms with Gasteiger partial charge in [0.2, 0.25) is 5.95 Å². The zero-order chi connectivity index (χ0) is 14.0. The first-order valence-electron chi connectivity index (χ1n) is 5.90. The van der Waals surface area contributed by atoms with E-state index in [1.54, 1.807) is 12.4 Å². The van der Waals surface area contributed by atoms with Gasteiger partial charge < -0.3 is 9.88 Å². The van der Waals surface area contributed by atoms with E-state index in [9.17, 15) is 8.78 Å². The molecule has 2 rings (SSSR count). The lowest BCUT2D eigenvalue weighted by atomic mass is 10.2. The van der Waals surface area contributed by atoms with E-state index in [0.717, 1.165) is 18.7 Å². The summed E-state index contributed by atoms with van der Waals surface area (Å²) in [5, 5.41) is 2.78. The molecule has 1 aromatic carbocycles. The number of rotatable bonds is 4. The van der Waals surface area contributed by atoms with Gasteiger partial charge >= 0.3 is 0 Å². The highest BCUT2D eigenvalue weighted by Gasteiger charge is 2.13. The number of hydrogen-bond donors (Lipinski definition) is 1. The topological polar surface area (TPSA) is 29.9 Å². The van der Waals surface area contributed by atoms with Crippen LogP contribution in [0.15, 0.2) is 24.5 Å². The highest BCUT2D eigenvalue weighted by molar-refractivity contribution is 6.33. The summed E-state index contributed by atoms with van der Waals surface area (Å²) >= 11 is 5.83. The summed E-state index contributed by atoms with van der Waals surface area (Å²) in [5.41, 5.74) is 0.0271. The number of nitrogens with zero attached hydrogens (tertiary/aromatic N) is 2. The second kappa shape index (κ2) is 5.57. The Kier molecular flexibility index (Phi) is 4.04. The smallest absolute Gasteiger partial charge is 0.207 e. The van der Waals surface area contributed by atoms with Gasteiger partial charge in [-0.15, -0.1) is 0 Å². The summed E-state index contributed by atoms with van der Waals surface area (Å²) in [4.78, 5) is 4.10. The molecule has 0 radical (unpaired) electrons. The average Bonchev–Trinajstić information content (AvgIpc) is 2.70. The van der Waals surface area contributed by atoms with E-state index in [0.29, 0.717) is 11.9 Å². The maximum Gasteiger partial charge on any atom is 0.207 e. The van der Waals surface area contributed by atoms with Crippen LogP contribution in [0.4, 0.5) is 20.4 Å². The first kappa shape index (κ1) is 13.8. The number of imidazole rings is 1. The Balaban J connectivity index is 2.29. The number of nitrogens with one attached hydrogen (secondary N) is 1. The molecule has 0 spiro atoms. The Morgan fingerprint density at radius 1 is 1.37 bits per heavy atom. The minimum Gasteiger partial charge on any atom is -0.322 e. The fourth-order valence-electron chi connectivity index (χ4n) is 1.75. The van der Waals surface area contributed by atoms with Crippen LogP contribution in [0.25, 0.3) is 0 Å². The standard InChI is InChI=1S/C13H14ClF2N3/c1-8(2)7-19-4-3-17-13(19)18-12-10(14)5-9(15)6-11(12)16/h3-6,8H,7H2,1-2H3,(H,17,18). The van der Waals surface area contributed by atoms with Crippen LogP contribution >= 0.6 is 11.6 Å². The molecule has 0 amide bonds. The van der Waals surface area contributed by atoms with Gasteiger partial charge in [-0.05, 0) is 12.0 Å².